The van der Waals surface area contributed by atoms with Crippen LogP contribution in [0.1, 0.15) is 29.5 Å². The predicted molar refractivity (Wildman–Crippen MR) is 99.4 cm³/mol. The van der Waals surface area contributed by atoms with Gasteiger partial charge in [-0.2, -0.15) is 5.10 Å². The Balaban J connectivity index is 1.69. The van der Waals surface area contributed by atoms with E-state index in [2.05, 4.69) is 10.6 Å². The Labute approximate surface area is 152 Å². The average Bonchev–Trinajstić information content (AvgIpc) is 2.65. The minimum Gasteiger partial charge on any atom is -0.273 e. The number of hydrogen-bond donors (Lipinski definition) is 1. The Morgan fingerprint density at radius 1 is 1.15 bits per heavy atom. The Bertz CT molecular complexity index is 847. The summed E-state index contributed by atoms with van der Waals surface area (Å²) in [6.45, 7) is 4.13. The zero-order valence-corrected chi connectivity index (χ0v) is 14.9. The zero-order chi connectivity index (χ0) is 18.5. The average molecular weight is 351 g/mol. The van der Waals surface area contributed by atoms with Gasteiger partial charge in [0.25, 0.3) is 5.91 Å². The molecule has 1 aliphatic rings. The van der Waals surface area contributed by atoms with Crippen LogP contribution in [0.5, 0.6) is 0 Å². The van der Waals surface area contributed by atoms with Crippen LogP contribution in [-0.2, 0) is 21.0 Å². The first kappa shape index (κ1) is 17.8. The van der Waals surface area contributed by atoms with Gasteiger partial charge in [0, 0.05) is 12.8 Å². The number of benzene rings is 2. The van der Waals surface area contributed by atoms with Crippen molar-refractivity contribution in [3.63, 3.8) is 0 Å². The van der Waals surface area contributed by atoms with Crippen molar-refractivity contribution in [2.24, 2.45) is 5.10 Å². The third-order valence-electron chi connectivity index (χ3n) is 4.13. The summed E-state index contributed by atoms with van der Waals surface area (Å²) in [6, 6.07) is 15.3. The minimum atomic E-state index is -0.427. The van der Waals surface area contributed by atoms with Crippen molar-refractivity contribution in [2.45, 2.75) is 33.3 Å². The smallest absolute Gasteiger partial charge is 0.273 e. The van der Waals surface area contributed by atoms with Crippen LogP contribution >= 0.6 is 0 Å². The highest BCUT2D eigenvalue weighted by Crippen LogP contribution is 2.25. The molecule has 0 aromatic heterocycles. The molecule has 6 heteroatoms. The summed E-state index contributed by atoms with van der Waals surface area (Å²) in [6.07, 6.45) is 0.527. The lowest BCUT2D eigenvalue weighted by Gasteiger charge is -2.24. The maximum Gasteiger partial charge on any atom is 0.291 e. The second-order valence-corrected chi connectivity index (χ2v) is 6.25. The summed E-state index contributed by atoms with van der Waals surface area (Å²) in [7, 11) is 0. The summed E-state index contributed by atoms with van der Waals surface area (Å²) in [5.74, 6) is -0.552. The number of amides is 2. The number of hydrogen-bond acceptors (Lipinski definition) is 4. The Morgan fingerprint density at radius 2 is 1.92 bits per heavy atom. The molecule has 2 amide bonds. The largest absolute Gasteiger partial charge is 0.291 e. The highest BCUT2D eigenvalue weighted by atomic mass is 16.6. The van der Waals surface area contributed by atoms with Gasteiger partial charge in [-0.15, -0.1) is 0 Å². The fourth-order valence-corrected chi connectivity index (χ4v) is 2.67. The van der Waals surface area contributed by atoms with E-state index in [4.69, 9.17) is 4.84 Å². The van der Waals surface area contributed by atoms with Crippen LogP contribution in [-0.4, -0.2) is 17.5 Å². The van der Waals surface area contributed by atoms with E-state index in [1.165, 1.54) is 5.01 Å². The molecule has 0 fully saturated rings. The first-order valence-electron chi connectivity index (χ1n) is 8.48. The number of hydroxylamine groups is 1. The van der Waals surface area contributed by atoms with Crippen LogP contribution in [0.25, 0.3) is 0 Å². The van der Waals surface area contributed by atoms with Crippen molar-refractivity contribution in [1.29, 1.82) is 0 Å². The molecule has 0 unspecified atom stereocenters. The summed E-state index contributed by atoms with van der Waals surface area (Å²) in [5.41, 5.74) is 6.28. The number of aryl methyl sites for hydroxylation is 2. The van der Waals surface area contributed by atoms with Gasteiger partial charge in [-0.1, -0.05) is 42.5 Å². The monoisotopic (exact) mass is 351 g/mol. The SMILES string of the molecule is Cc1ccc(C)c(N2N=C(C(=O)NOCc3ccccc3)CCC2=O)c1. The first-order chi connectivity index (χ1) is 12.5. The maximum absolute atomic E-state index is 12.3. The van der Waals surface area contributed by atoms with Gasteiger partial charge in [0.15, 0.2) is 0 Å². The van der Waals surface area contributed by atoms with Crippen LogP contribution < -0.4 is 10.5 Å². The molecule has 0 saturated carbocycles. The van der Waals surface area contributed by atoms with Crippen molar-refractivity contribution in [2.75, 3.05) is 5.01 Å². The minimum absolute atomic E-state index is 0.125. The van der Waals surface area contributed by atoms with E-state index < -0.39 is 5.91 Å². The number of carbonyl (C=O) groups excluding carboxylic acids is 2. The highest BCUT2D eigenvalue weighted by Gasteiger charge is 2.26. The van der Waals surface area contributed by atoms with Crippen molar-refractivity contribution in [3.8, 4) is 0 Å². The number of anilines is 1. The number of nitrogens with one attached hydrogen (secondary N) is 1. The molecule has 1 heterocycles. The van der Waals surface area contributed by atoms with Crippen LogP contribution in [0.4, 0.5) is 5.69 Å². The topological polar surface area (TPSA) is 71.0 Å². The van der Waals surface area contributed by atoms with E-state index in [1.807, 2.05) is 62.4 Å². The van der Waals surface area contributed by atoms with Gasteiger partial charge in [0.2, 0.25) is 5.91 Å². The predicted octanol–water partition coefficient (Wildman–Crippen LogP) is 3.03. The fraction of sp³-hybridized carbons (Fsp3) is 0.250. The van der Waals surface area contributed by atoms with Crippen LogP contribution in [0, 0.1) is 13.8 Å². The van der Waals surface area contributed by atoms with E-state index in [0.717, 1.165) is 16.7 Å². The molecule has 0 radical (unpaired) electrons. The second-order valence-electron chi connectivity index (χ2n) is 6.25. The number of nitrogens with zero attached hydrogens (tertiary/aromatic N) is 2. The van der Waals surface area contributed by atoms with Crippen molar-refractivity contribution in [1.82, 2.24) is 5.48 Å². The van der Waals surface area contributed by atoms with Gasteiger partial charge in [-0.3, -0.25) is 14.4 Å². The molecule has 0 bridgehead atoms. The normalized spacial score (nSPS) is 14.2. The summed E-state index contributed by atoms with van der Waals surface area (Å²) >= 11 is 0. The molecule has 3 rings (SSSR count). The summed E-state index contributed by atoms with van der Waals surface area (Å²) < 4.78 is 0. The first-order valence-corrected chi connectivity index (χ1v) is 8.48. The molecule has 26 heavy (non-hydrogen) atoms. The molecule has 2 aromatic rings. The van der Waals surface area contributed by atoms with Crippen molar-refractivity contribution < 1.29 is 14.4 Å². The van der Waals surface area contributed by atoms with Gasteiger partial charge < -0.3 is 0 Å². The third-order valence-corrected chi connectivity index (χ3v) is 4.13. The van der Waals surface area contributed by atoms with E-state index in [-0.39, 0.29) is 24.6 Å². The molecular weight excluding hydrogens is 330 g/mol. The Hall–Kier alpha value is -2.99. The fourth-order valence-electron chi connectivity index (χ4n) is 2.67. The van der Waals surface area contributed by atoms with Crippen LogP contribution in [0.3, 0.4) is 0 Å². The van der Waals surface area contributed by atoms with Crippen LogP contribution in [0.15, 0.2) is 53.6 Å². The summed E-state index contributed by atoms with van der Waals surface area (Å²) in [4.78, 5) is 29.9. The van der Waals surface area contributed by atoms with Gasteiger partial charge in [-0.25, -0.2) is 10.5 Å². The Kier molecular flexibility index (Phi) is 5.43. The van der Waals surface area contributed by atoms with Gasteiger partial charge in [0.05, 0.1) is 12.3 Å². The van der Waals surface area contributed by atoms with E-state index >= 15 is 0 Å². The van der Waals surface area contributed by atoms with E-state index in [9.17, 15) is 9.59 Å². The number of hydrazone groups is 1. The maximum atomic E-state index is 12.3. The second kappa shape index (κ2) is 7.93. The lowest BCUT2D eigenvalue weighted by molar-refractivity contribution is -0.127. The number of carbonyl (C=O) groups is 2. The molecule has 2 aromatic carbocycles. The lowest BCUT2D eigenvalue weighted by atomic mass is 10.1. The van der Waals surface area contributed by atoms with Gasteiger partial charge in [0.1, 0.15) is 5.71 Å². The number of rotatable bonds is 5. The van der Waals surface area contributed by atoms with Gasteiger partial charge in [-0.05, 0) is 36.6 Å². The van der Waals surface area contributed by atoms with E-state index in [1.54, 1.807) is 0 Å². The zero-order valence-electron chi connectivity index (χ0n) is 14.9. The standard InChI is InChI=1S/C20H21N3O3/c1-14-8-9-15(2)18(12-14)23-19(24)11-10-17(21-23)20(25)22-26-13-16-6-4-3-5-7-16/h3-9,12H,10-11,13H2,1-2H3,(H,22,25). The molecule has 0 spiro atoms. The molecule has 0 saturated heterocycles. The molecular formula is C20H21N3O3. The summed E-state index contributed by atoms with van der Waals surface area (Å²) in [5, 5.41) is 5.59. The molecule has 1 N–H and O–H groups in total. The Morgan fingerprint density at radius 3 is 2.69 bits per heavy atom. The quantitative estimate of drug-likeness (QED) is 0.842. The molecule has 6 nitrogen and oxygen atoms in total. The lowest BCUT2D eigenvalue weighted by Crippen LogP contribution is -2.39. The van der Waals surface area contributed by atoms with Gasteiger partial charge >= 0.3 is 0 Å². The van der Waals surface area contributed by atoms with Crippen molar-refractivity contribution in [3.05, 3.63) is 65.2 Å². The van der Waals surface area contributed by atoms with E-state index in [0.29, 0.717) is 12.1 Å². The van der Waals surface area contributed by atoms with Crippen LogP contribution in [0.2, 0.25) is 0 Å². The molecule has 0 atom stereocenters. The molecule has 1 aliphatic heterocycles. The third kappa shape index (κ3) is 4.15. The van der Waals surface area contributed by atoms with Crippen molar-refractivity contribution >= 4 is 23.2 Å². The highest BCUT2D eigenvalue weighted by molar-refractivity contribution is 6.40. The molecule has 134 valence electrons. The molecule has 0 aliphatic carbocycles.